The van der Waals surface area contributed by atoms with E-state index in [0.717, 1.165) is 89.7 Å². The average molecular weight is 557 g/mol. The molecule has 4 rings (SSSR count). The fraction of sp³-hybridized carbons (Fsp3) is 0.857. The lowest BCUT2D eigenvalue weighted by Gasteiger charge is -2.31. The van der Waals surface area contributed by atoms with E-state index in [-0.39, 0.29) is 0 Å². The van der Waals surface area contributed by atoms with Crippen LogP contribution in [0.15, 0.2) is 30.4 Å². The Balaban J connectivity index is 0.000000225. The molecule has 2 fully saturated rings. The highest BCUT2D eigenvalue weighted by Crippen LogP contribution is 2.24. The van der Waals surface area contributed by atoms with E-state index in [1.807, 2.05) is 55.4 Å². The molecular weight excluding hydrogens is 504 g/mol. The summed E-state index contributed by atoms with van der Waals surface area (Å²) < 4.78 is 0. The van der Waals surface area contributed by atoms with Crippen LogP contribution in [0, 0.1) is 10.8 Å². The lowest BCUT2D eigenvalue weighted by atomic mass is 10.0. The maximum Gasteiger partial charge on any atom is 0.133 e. The second-order valence-corrected chi connectivity index (χ2v) is 13.0. The predicted octanol–water partition coefficient (Wildman–Crippen LogP) is 4.14. The van der Waals surface area contributed by atoms with E-state index < -0.39 is 22.2 Å². The van der Waals surface area contributed by atoms with E-state index >= 15 is 0 Å². The molecule has 0 bridgehead atoms. The van der Waals surface area contributed by atoms with Crippen LogP contribution >= 0.6 is 0 Å². The van der Waals surface area contributed by atoms with Gasteiger partial charge in [-0.1, -0.05) is 0 Å². The first kappa shape index (κ1) is 31.6. The molecule has 0 aromatic carbocycles. The van der Waals surface area contributed by atoms with E-state index in [9.17, 15) is 0 Å². The molecule has 0 unspecified atom stereocenters. The largest absolute Gasteiger partial charge is 0.370 e. The summed E-state index contributed by atoms with van der Waals surface area (Å²) in [7, 11) is 0. The van der Waals surface area contributed by atoms with Gasteiger partial charge in [-0.25, -0.2) is 0 Å². The molecular formula is C28H52N12. The van der Waals surface area contributed by atoms with Gasteiger partial charge in [-0.15, -0.1) is 0 Å². The lowest BCUT2D eigenvalue weighted by Crippen LogP contribution is -2.44. The Bertz CT molecular complexity index is 942. The summed E-state index contributed by atoms with van der Waals surface area (Å²) in [5, 5.41) is 41.1. The molecule has 0 spiro atoms. The van der Waals surface area contributed by atoms with Crippen LogP contribution in [0.4, 0.5) is 0 Å². The summed E-state index contributed by atoms with van der Waals surface area (Å²) in [6.45, 7) is 23.1. The Morgan fingerprint density at radius 2 is 0.925 bits per heavy atom. The molecule has 0 amide bonds. The summed E-state index contributed by atoms with van der Waals surface area (Å²) in [6.07, 6.45) is 4.61. The highest BCUT2D eigenvalue weighted by atomic mass is 15.3. The van der Waals surface area contributed by atoms with Gasteiger partial charge in [0, 0.05) is 39.3 Å². The number of aliphatic imine (C=N–C) groups is 2. The number of hydrogen-bond acceptors (Lipinski definition) is 10. The summed E-state index contributed by atoms with van der Waals surface area (Å²) in [5.74, 6) is 2.92. The third kappa shape index (κ3) is 8.06. The van der Waals surface area contributed by atoms with Crippen molar-refractivity contribution < 1.29 is 0 Å². The summed E-state index contributed by atoms with van der Waals surface area (Å²) >= 11 is 0. The van der Waals surface area contributed by atoms with Crippen molar-refractivity contribution in [3.63, 3.8) is 0 Å². The van der Waals surface area contributed by atoms with Gasteiger partial charge in [0.25, 0.3) is 0 Å². The van der Waals surface area contributed by atoms with Crippen molar-refractivity contribution in [2.75, 3.05) is 52.4 Å². The predicted molar refractivity (Wildman–Crippen MR) is 164 cm³/mol. The number of amidine groups is 4. The molecule has 0 radical (unpaired) electrons. The Hall–Kier alpha value is -2.92. The number of nitrogens with one attached hydrogen (secondary N) is 4. The molecule has 224 valence electrons. The minimum atomic E-state index is -0.632. The normalized spacial score (nSPS) is 20.4. The zero-order chi connectivity index (χ0) is 29.6. The minimum Gasteiger partial charge on any atom is -0.370 e. The third-order valence-corrected chi connectivity index (χ3v) is 7.61. The number of hydrogen-bond donors (Lipinski definition) is 4. The van der Waals surface area contributed by atoms with Crippen LogP contribution < -0.4 is 10.6 Å². The van der Waals surface area contributed by atoms with Crippen LogP contribution in [0.3, 0.4) is 0 Å². The molecule has 0 aromatic rings. The number of nitrogens with zero attached hydrogens (tertiary/aromatic N) is 8. The second kappa shape index (κ2) is 12.7. The van der Waals surface area contributed by atoms with Gasteiger partial charge in [-0.2, -0.15) is 20.5 Å². The molecule has 12 heteroatoms. The molecule has 4 heterocycles. The van der Waals surface area contributed by atoms with Crippen molar-refractivity contribution >= 4 is 23.3 Å². The van der Waals surface area contributed by atoms with Gasteiger partial charge in [0.15, 0.2) is 0 Å². The van der Waals surface area contributed by atoms with Crippen LogP contribution in [0.1, 0.15) is 81.1 Å². The van der Waals surface area contributed by atoms with Gasteiger partial charge < -0.3 is 20.4 Å². The van der Waals surface area contributed by atoms with E-state index in [0.29, 0.717) is 11.7 Å². The zero-order valence-corrected chi connectivity index (χ0v) is 26.1. The van der Waals surface area contributed by atoms with Gasteiger partial charge in [0.05, 0.1) is 13.1 Å². The minimum absolute atomic E-state index is 0.396. The van der Waals surface area contributed by atoms with Crippen molar-refractivity contribution in [3.05, 3.63) is 0 Å². The molecule has 40 heavy (non-hydrogen) atoms. The molecule has 0 atom stereocenters. The van der Waals surface area contributed by atoms with Gasteiger partial charge >= 0.3 is 0 Å². The smallest absolute Gasteiger partial charge is 0.133 e. The maximum atomic E-state index is 8.38. The topological polar surface area (TPSA) is 152 Å². The zero-order valence-electron chi connectivity index (χ0n) is 26.1. The Morgan fingerprint density at radius 3 is 1.20 bits per heavy atom. The first-order valence-electron chi connectivity index (χ1n) is 14.8. The number of rotatable bonds is 8. The SMILES string of the molecule is CC(C)(N=NC(C)(C)C(=N)N1CCCC1)C(=N)N1CCCC1.CC(C)(N=NC(C)(C)C1=NCCN1)C1=NCCN1. The van der Waals surface area contributed by atoms with Crippen LogP contribution in [0.25, 0.3) is 0 Å². The van der Waals surface area contributed by atoms with E-state index in [2.05, 4.69) is 50.9 Å². The van der Waals surface area contributed by atoms with Crippen LogP contribution in [-0.2, 0) is 0 Å². The Labute approximate surface area is 240 Å². The van der Waals surface area contributed by atoms with E-state index in [1.165, 1.54) is 0 Å². The van der Waals surface area contributed by atoms with Gasteiger partial charge in [0.1, 0.15) is 45.5 Å². The molecule has 4 N–H and O–H groups in total. The van der Waals surface area contributed by atoms with Crippen LogP contribution in [-0.4, -0.2) is 108 Å². The highest BCUT2D eigenvalue weighted by Gasteiger charge is 2.34. The van der Waals surface area contributed by atoms with Crippen molar-refractivity contribution in [2.45, 2.75) is 103 Å². The van der Waals surface area contributed by atoms with Crippen molar-refractivity contribution in [2.24, 2.45) is 30.4 Å². The van der Waals surface area contributed by atoms with E-state index in [1.54, 1.807) is 0 Å². The first-order chi connectivity index (χ1) is 18.7. The molecule has 4 aliphatic heterocycles. The number of likely N-dealkylation sites (tertiary alicyclic amines) is 2. The lowest BCUT2D eigenvalue weighted by molar-refractivity contribution is 0.429. The quantitative estimate of drug-likeness (QED) is 0.202. The first-order valence-corrected chi connectivity index (χ1v) is 14.8. The second-order valence-electron chi connectivity index (χ2n) is 13.0. The molecule has 0 saturated carbocycles. The Kier molecular flexibility index (Phi) is 10.1. The van der Waals surface area contributed by atoms with Crippen LogP contribution in [0.2, 0.25) is 0 Å². The standard InChI is InChI=1S/C16H30N6.C12H22N6/c1-15(2,13(17)21-9-5-6-10-21)19-20-16(3,4)14(18)22-11-7-8-12-22;1-11(2,9-13-5-6-14-9)17-18-12(3,4)10-15-7-8-16-10/h17-18H,5-12H2,1-4H3;5-8H2,1-4H3,(H,13,14)(H,15,16). The number of azo groups is 2. The van der Waals surface area contributed by atoms with Crippen molar-refractivity contribution in [1.82, 2.24) is 20.4 Å². The van der Waals surface area contributed by atoms with Gasteiger partial charge in [-0.05, 0) is 81.1 Å². The highest BCUT2D eigenvalue weighted by molar-refractivity contribution is 5.93. The fourth-order valence-electron chi connectivity index (χ4n) is 4.96. The maximum absolute atomic E-state index is 8.38. The molecule has 2 saturated heterocycles. The van der Waals surface area contributed by atoms with Crippen LogP contribution in [0.5, 0.6) is 0 Å². The summed E-state index contributed by atoms with van der Waals surface area (Å²) in [6, 6.07) is 0. The van der Waals surface area contributed by atoms with Crippen molar-refractivity contribution in [1.29, 1.82) is 10.8 Å². The molecule has 0 aliphatic carbocycles. The van der Waals surface area contributed by atoms with E-state index in [4.69, 9.17) is 10.8 Å². The van der Waals surface area contributed by atoms with Gasteiger partial charge in [0.2, 0.25) is 0 Å². The summed E-state index contributed by atoms with van der Waals surface area (Å²) in [4.78, 5) is 13.0. The molecule has 0 aromatic heterocycles. The fourth-order valence-corrected chi connectivity index (χ4v) is 4.96. The Morgan fingerprint density at radius 1 is 0.600 bits per heavy atom. The van der Waals surface area contributed by atoms with Crippen molar-refractivity contribution in [3.8, 4) is 0 Å². The molecule has 12 nitrogen and oxygen atoms in total. The summed E-state index contributed by atoms with van der Waals surface area (Å²) in [5.41, 5.74) is -2.06. The monoisotopic (exact) mass is 556 g/mol. The molecule has 4 aliphatic rings. The average Bonchev–Trinajstić information content (AvgIpc) is 3.74. The van der Waals surface area contributed by atoms with Gasteiger partial charge in [-0.3, -0.25) is 20.8 Å². The third-order valence-electron chi connectivity index (χ3n) is 7.61.